The first-order valence-electron chi connectivity index (χ1n) is 5.56. The highest BCUT2D eigenvalue weighted by atomic mass is 16.6. The number of aromatic amines is 1. The van der Waals surface area contributed by atoms with Crippen LogP contribution in [0.25, 0.3) is 10.9 Å². The van der Waals surface area contributed by atoms with Crippen LogP contribution in [0, 0.1) is 0 Å². The van der Waals surface area contributed by atoms with E-state index in [0.717, 1.165) is 23.1 Å². The van der Waals surface area contributed by atoms with Crippen LogP contribution in [-0.2, 0) is 4.74 Å². The topological polar surface area (TPSA) is 48.5 Å². The van der Waals surface area contributed by atoms with Gasteiger partial charge in [-0.2, -0.15) is 0 Å². The Morgan fingerprint density at radius 2 is 2.31 bits per heavy atom. The number of benzene rings is 1. The quantitative estimate of drug-likeness (QED) is 0.775. The molecule has 1 aromatic heterocycles. The Morgan fingerprint density at radius 1 is 1.50 bits per heavy atom. The van der Waals surface area contributed by atoms with Crippen LogP contribution in [-0.4, -0.2) is 22.3 Å². The lowest BCUT2D eigenvalue weighted by Crippen LogP contribution is -2.11. The van der Waals surface area contributed by atoms with Crippen molar-refractivity contribution < 1.29 is 9.84 Å². The van der Waals surface area contributed by atoms with Crippen molar-refractivity contribution in [1.82, 2.24) is 4.98 Å². The van der Waals surface area contributed by atoms with E-state index in [-0.39, 0.29) is 5.60 Å². The molecule has 0 bridgehead atoms. The van der Waals surface area contributed by atoms with E-state index in [1.165, 1.54) is 0 Å². The Balaban J connectivity index is 1.95. The average Bonchev–Trinajstić information content (AvgIpc) is 2.81. The fraction of sp³-hybridized carbons (Fsp3) is 0.385. The summed E-state index contributed by atoms with van der Waals surface area (Å²) in [5.74, 6) is 0. The number of aliphatic hydroxyl groups is 1. The number of aromatic nitrogens is 1. The van der Waals surface area contributed by atoms with Gasteiger partial charge in [-0.05, 0) is 18.4 Å². The monoisotopic (exact) mass is 217 g/mol. The van der Waals surface area contributed by atoms with Crippen molar-refractivity contribution in [3.05, 3.63) is 36.0 Å². The molecule has 3 heteroatoms. The van der Waals surface area contributed by atoms with Gasteiger partial charge in [0.2, 0.25) is 0 Å². The minimum absolute atomic E-state index is 0.117. The second kappa shape index (κ2) is 3.34. The molecule has 2 atom stereocenters. The van der Waals surface area contributed by atoms with Gasteiger partial charge in [-0.25, -0.2) is 0 Å². The van der Waals surface area contributed by atoms with E-state index in [4.69, 9.17) is 4.74 Å². The first kappa shape index (κ1) is 9.87. The van der Waals surface area contributed by atoms with Crippen LogP contribution in [0.15, 0.2) is 30.5 Å². The predicted octanol–water partition coefficient (Wildman–Crippen LogP) is 2.38. The summed E-state index contributed by atoms with van der Waals surface area (Å²) in [5.41, 5.74) is 1.87. The van der Waals surface area contributed by atoms with E-state index in [1.807, 2.05) is 37.4 Å². The highest BCUT2D eigenvalue weighted by Gasteiger charge is 2.41. The van der Waals surface area contributed by atoms with Crippen molar-refractivity contribution >= 4 is 10.9 Å². The lowest BCUT2D eigenvalue weighted by molar-refractivity contribution is 0.132. The van der Waals surface area contributed by atoms with Gasteiger partial charge in [0, 0.05) is 18.2 Å². The fourth-order valence-corrected chi connectivity index (χ4v) is 2.15. The molecule has 2 N–H and O–H groups in total. The summed E-state index contributed by atoms with van der Waals surface area (Å²) in [7, 11) is 0. The Bertz CT molecular complexity index is 513. The first-order chi connectivity index (χ1) is 7.68. The largest absolute Gasteiger partial charge is 0.388 e. The zero-order chi connectivity index (χ0) is 11.2. The predicted molar refractivity (Wildman–Crippen MR) is 62.2 cm³/mol. The zero-order valence-electron chi connectivity index (χ0n) is 9.23. The van der Waals surface area contributed by atoms with Crippen molar-refractivity contribution in [1.29, 1.82) is 0 Å². The van der Waals surface area contributed by atoms with E-state index in [9.17, 15) is 5.11 Å². The van der Waals surface area contributed by atoms with Crippen LogP contribution in [0.3, 0.4) is 0 Å². The molecule has 16 heavy (non-hydrogen) atoms. The normalized spacial score (nSPS) is 25.9. The van der Waals surface area contributed by atoms with Gasteiger partial charge in [0.15, 0.2) is 0 Å². The minimum atomic E-state index is -0.463. The summed E-state index contributed by atoms with van der Waals surface area (Å²) in [6.07, 6.45) is 2.09. The number of epoxide rings is 1. The minimum Gasteiger partial charge on any atom is -0.388 e. The molecule has 2 unspecified atom stereocenters. The lowest BCUT2D eigenvalue weighted by atomic mass is 9.97. The van der Waals surface area contributed by atoms with E-state index in [2.05, 4.69) is 4.98 Å². The maximum Gasteiger partial charge on any atom is 0.0916 e. The number of fused-ring (bicyclic) bond motifs is 1. The Kier molecular flexibility index (Phi) is 2.06. The molecule has 0 aliphatic carbocycles. The Labute approximate surface area is 94.0 Å². The molecule has 2 heterocycles. The highest BCUT2D eigenvalue weighted by molar-refractivity contribution is 5.82. The number of hydrogen-bond donors (Lipinski definition) is 2. The summed E-state index contributed by atoms with van der Waals surface area (Å²) in [4.78, 5) is 3.17. The number of para-hydroxylation sites is 1. The number of hydrogen-bond acceptors (Lipinski definition) is 2. The zero-order valence-corrected chi connectivity index (χ0v) is 9.23. The molecule has 3 nitrogen and oxygen atoms in total. The van der Waals surface area contributed by atoms with Gasteiger partial charge in [0.05, 0.1) is 23.8 Å². The van der Waals surface area contributed by atoms with Crippen LogP contribution < -0.4 is 0 Å². The van der Waals surface area contributed by atoms with E-state index in [1.54, 1.807) is 0 Å². The van der Waals surface area contributed by atoms with Crippen LogP contribution >= 0.6 is 0 Å². The average molecular weight is 217 g/mol. The number of nitrogens with one attached hydrogen (secondary N) is 1. The molecule has 0 saturated carbocycles. The van der Waals surface area contributed by atoms with Gasteiger partial charge in [-0.15, -0.1) is 0 Å². The number of H-pyrrole nitrogens is 1. The van der Waals surface area contributed by atoms with Crippen molar-refractivity contribution in [3.8, 4) is 0 Å². The number of aliphatic hydroxyl groups excluding tert-OH is 1. The molecule has 2 aromatic rings. The molecule has 0 amide bonds. The van der Waals surface area contributed by atoms with Gasteiger partial charge in [0.25, 0.3) is 0 Å². The van der Waals surface area contributed by atoms with Crippen LogP contribution in [0.1, 0.15) is 25.0 Å². The van der Waals surface area contributed by atoms with Gasteiger partial charge in [-0.1, -0.05) is 18.2 Å². The number of rotatable bonds is 3. The molecule has 84 valence electrons. The third-order valence-corrected chi connectivity index (χ3v) is 3.24. The van der Waals surface area contributed by atoms with Crippen molar-refractivity contribution in [3.63, 3.8) is 0 Å². The molecule has 1 saturated heterocycles. The van der Waals surface area contributed by atoms with Gasteiger partial charge in [0.1, 0.15) is 0 Å². The van der Waals surface area contributed by atoms with Crippen LogP contribution in [0.5, 0.6) is 0 Å². The smallest absolute Gasteiger partial charge is 0.0916 e. The van der Waals surface area contributed by atoms with Crippen molar-refractivity contribution in [2.45, 2.75) is 25.0 Å². The molecule has 1 aromatic carbocycles. The standard InChI is InChI=1S/C13H15NO2/c1-13(8-16-13)7-11(15)10-4-2-3-9-5-6-14-12(9)10/h2-6,11,14-15H,7-8H2,1H3. The molecule has 0 radical (unpaired) electrons. The highest BCUT2D eigenvalue weighted by Crippen LogP contribution is 2.37. The summed E-state index contributed by atoms with van der Waals surface area (Å²) < 4.78 is 5.31. The molecule has 3 rings (SSSR count). The third-order valence-electron chi connectivity index (χ3n) is 3.24. The second-order valence-corrected chi connectivity index (χ2v) is 4.75. The van der Waals surface area contributed by atoms with Gasteiger partial charge in [-0.3, -0.25) is 0 Å². The maximum atomic E-state index is 10.2. The molecule has 1 aliphatic rings. The molecule has 0 spiro atoms. The summed E-state index contributed by atoms with van der Waals surface area (Å²) in [5, 5.41) is 11.3. The maximum absolute atomic E-state index is 10.2. The number of ether oxygens (including phenoxy) is 1. The SMILES string of the molecule is CC1(CC(O)c2cccc3cc[nH]c23)CO1. The van der Waals surface area contributed by atoms with E-state index >= 15 is 0 Å². The summed E-state index contributed by atoms with van der Waals surface area (Å²) in [6.45, 7) is 2.79. The lowest BCUT2D eigenvalue weighted by Gasteiger charge is -2.14. The third kappa shape index (κ3) is 1.62. The molecular formula is C13H15NO2. The second-order valence-electron chi connectivity index (χ2n) is 4.75. The van der Waals surface area contributed by atoms with Crippen molar-refractivity contribution in [2.75, 3.05) is 6.61 Å². The van der Waals surface area contributed by atoms with Gasteiger partial charge < -0.3 is 14.8 Å². The first-order valence-corrected chi connectivity index (χ1v) is 5.56. The molecular weight excluding hydrogens is 202 g/mol. The van der Waals surface area contributed by atoms with Gasteiger partial charge >= 0.3 is 0 Å². The fourth-order valence-electron chi connectivity index (χ4n) is 2.15. The molecule has 1 fully saturated rings. The van der Waals surface area contributed by atoms with Crippen LogP contribution in [0.4, 0.5) is 0 Å². The summed E-state index contributed by atoms with van der Waals surface area (Å²) >= 11 is 0. The van der Waals surface area contributed by atoms with Crippen molar-refractivity contribution in [2.24, 2.45) is 0 Å². The Hall–Kier alpha value is -1.32. The Morgan fingerprint density at radius 3 is 3.06 bits per heavy atom. The van der Waals surface area contributed by atoms with E-state index in [0.29, 0.717) is 6.42 Å². The van der Waals surface area contributed by atoms with Crippen LogP contribution in [0.2, 0.25) is 0 Å². The summed E-state index contributed by atoms with van der Waals surface area (Å²) in [6, 6.07) is 8.00. The van der Waals surface area contributed by atoms with E-state index < -0.39 is 6.10 Å². The molecule has 1 aliphatic heterocycles.